The first kappa shape index (κ1) is 20.8. The second-order valence-electron chi connectivity index (χ2n) is 6.34. The van der Waals surface area contributed by atoms with Gasteiger partial charge in [-0.05, 0) is 26.3 Å². The minimum Gasteiger partial charge on any atom is -0.389 e. The van der Waals surface area contributed by atoms with E-state index in [4.69, 9.17) is 0 Å². The highest BCUT2D eigenvalue weighted by Gasteiger charge is 2.13. The van der Waals surface area contributed by atoms with Gasteiger partial charge in [0, 0.05) is 32.7 Å². The SMILES string of the molecule is CC/C=C\C[C@H](O)/C=C/C=C\C=C\[C@@H](O)CCN1CCN(C)CC1. The first-order valence-electron chi connectivity index (χ1n) is 9.05. The highest BCUT2D eigenvalue weighted by molar-refractivity contribution is 5.13. The molecule has 1 aliphatic heterocycles. The summed E-state index contributed by atoms with van der Waals surface area (Å²) >= 11 is 0. The number of rotatable bonds is 10. The first-order valence-corrected chi connectivity index (χ1v) is 9.05. The van der Waals surface area contributed by atoms with Crippen molar-refractivity contribution in [1.29, 1.82) is 0 Å². The Hall–Kier alpha value is -1.20. The molecule has 0 aliphatic carbocycles. The molecule has 2 N–H and O–H groups in total. The molecule has 0 bridgehead atoms. The minimum absolute atomic E-state index is 0.400. The molecule has 0 aromatic carbocycles. The minimum atomic E-state index is -0.435. The van der Waals surface area contributed by atoms with E-state index >= 15 is 0 Å². The number of allylic oxidation sites excluding steroid dienone is 5. The van der Waals surface area contributed by atoms with Crippen molar-refractivity contribution in [3.8, 4) is 0 Å². The van der Waals surface area contributed by atoms with Crippen molar-refractivity contribution in [2.45, 2.75) is 38.4 Å². The Balaban J connectivity index is 2.15. The summed E-state index contributed by atoms with van der Waals surface area (Å²) in [6.45, 7) is 7.43. The molecule has 1 aliphatic rings. The Morgan fingerprint density at radius 2 is 1.50 bits per heavy atom. The summed E-state index contributed by atoms with van der Waals surface area (Å²) in [5.74, 6) is 0. The highest BCUT2D eigenvalue weighted by Crippen LogP contribution is 2.03. The average molecular weight is 335 g/mol. The van der Waals surface area contributed by atoms with Crippen LogP contribution in [0.3, 0.4) is 0 Å². The lowest BCUT2D eigenvalue weighted by atomic mass is 10.2. The monoisotopic (exact) mass is 334 g/mol. The van der Waals surface area contributed by atoms with Gasteiger partial charge in [-0.1, -0.05) is 55.5 Å². The maximum Gasteiger partial charge on any atom is 0.0758 e. The van der Waals surface area contributed by atoms with Gasteiger partial charge in [0.15, 0.2) is 0 Å². The maximum absolute atomic E-state index is 9.97. The van der Waals surface area contributed by atoms with Crippen molar-refractivity contribution in [2.75, 3.05) is 39.8 Å². The van der Waals surface area contributed by atoms with Crippen LogP contribution in [0.15, 0.2) is 48.6 Å². The van der Waals surface area contributed by atoms with Crippen molar-refractivity contribution in [3.63, 3.8) is 0 Å². The predicted octanol–water partition coefficient (Wildman–Crippen LogP) is 2.37. The van der Waals surface area contributed by atoms with Crippen molar-refractivity contribution >= 4 is 0 Å². The third-order valence-corrected chi connectivity index (χ3v) is 4.12. The Labute approximate surface area is 147 Å². The smallest absolute Gasteiger partial charge is 0.0758 e. The summed E-state index contributed by atoms with van der Waals surface area (Å²) in [7, 11) is 2.15. The maximum atomic E-state index is 9.97. The summed E-state index contributed by atoms with van der Waals surface area (Å²) in [5.41, 5.74) is 0. The molecule has 0 unspecified atom stereocenters. The van der Waals surface area contributed by atoms with Crippen molar-refractivity contribution in [3.05, 3.63) is 48.6 Å². The third kappa shape index (κ3) is 10.6. The van der Waals surface area contributed by atoms with Gasteiger partial charge in [-0.25, -0.2) is 0 Å². The van der Waals surface area contributed by atoms with Crippen LogP contribution in [-0.4, -0.2) is 72.0 Å². The molecule has 4 nitrogen and oxygen atoms in total. The lowest BCUT2D eigenvalue weighted by molar-refractivity contribution is 0.129. The van der Waals surface area contributed by atoms with Crippen LogP contribution in [0.25, 0.3) is 0 Å². The molecule has 1 saturated heterocycles. The molecule has 24 heavy (non-hydrogen) atoms. The number of nitrogens with zero attached hydrogens (tertiary/aromatic N) is 2. The number of piperazine rings is 1. The molecule has 2 atom stereocenters. The van der Waals surface area contributed by atoms with E-state index < -0.39 is 12.2 Å². The van der Waals surface area contributed by atoms with Gasteiger partial charge in [0.05, 0.1) is 12.2 Å². The van der Waals surface area contributed by atoms with Crippen LogP contribution in [0.1, 0.15) is 26.2 Å². The van der Waals surface area contributed by atoms with Gasteiger partial charge >= 0.3 is 0 Å². The lowest BCUT2D eigenvalue weighted by Gasteiger charge is -2.32. The molecule has 1 heterocycles. The molecular formula is C20H34N2O2. The van der Waals surface area contributed by atoms with E-state index in [0.29, 0.717) is 6.42 Å². The summed E-state index contributed by atoms with van der Waals surface area (Å²) in [4.78, 5) is 4.74. The molecule has 0 amide bonds. The number of hydrogen-bond acceptors (Lipinski definition) is 4. The van der Waals surface area contributed by atoms with Crippen LogP contribution in [0.5, 0.6) is 0 Å². The van der Waals surface area contributed by atoms with Crippen LogP contribution < -0.4 is 0 Å². The number of likely N-dealkylation sites (N-methyl/N-ethyl adjacent to an activating group) is 1. The quantitative estimate of drug-likeness (QED) is 0.476. The molecule has 0 spiro atoms. The second kappa shape index (κ2) is 13.1. The lowest BCUT2D eigenvalue weighted by Crippen LogP contribution is -2.45. The molecule has 0 aromatic rings. The normalized spacial score (nSPS) is 20.8. The van der Waals surface area contributed by atoms with Crippen molar-refractivity contribution in [1.82, 2.24) is 9.80 Å². The van der Waals surface area contributed by atoms with Gasteiger partial charge in [-0.2, -0.15) is 0 Å². The molecule has 1 fully saturated rings. The van der Waals surface area contributed by atoms with Crippen LogP contribution in [0.4, 0.5) is 0 Å². The van der Waals surface area contributed by atoms with Gasteiger partial charge in [0.1, 0.15) is 0 Å². The molecule has 1 rings (SSSR count). The van der Waals surface area contributed by atoms with E-state index in [1.54, 1.807) is 6.08 Å². The van der Waals surface area contributed by atoms with Crippen LogP contribution in [0, 0.1) is 0 Å². The van der Waals surface area contributed by atoms with Crippen LogP contribution in [0.2, 0.25) is 0 Å². The number of hydrogen-bond donors (Lipinski definition) is 2. The van der Waals surface area contributed by atoms with Crippen LogP contribution in [-0.2, 0) is 0 Å². The van der Waals surface area contributed by atoms with Crippen molar-refractivity contribution < 1.29 is 10.2 Å². The Morgan fingerprint density at radius 3 is 2.12 bits per heavy atom. The molecule has 0 saturated carbocycles. The van der Waals surface area contributed by atoms with E-state index in [0.717, 1.165) is 45.6 Å². The standard InChI is InChI=1S/C20H34N2O2/c1-3-4-7-10-19(23)11-8-5-6-9-12-20(24)13-14-22-17-15-21(2)16-18-22/h4-9,11-12,19-20,23-24H,3,10,13-18H2,1-2H3/b6-5-,7-4-,11-8+,12-9+/t19-,20+/m0/s1. The van der Waals surface area contributed by atoms with Gasteiger partial charge < -0.3 is 20.0 Å². The number of aliphatic hydroxyl groups is 2. The van der Waals surface area contributed by atoms with Gasteiger partial charge in [-0.3, -0.25) is 0 Å². The van der Waals surface area contributed by atoms with Gasteiger partial charge in [-0.15, -0.1) is 0 Å². The molecular weight excluding hydrogens is 300 g/mol. The summed E-state index contributed by atoms with van der Waals surface area (Å²) in [6.07, 6.45) is 16.7. The van der Waals surface area contributed by atoms with E-state index in [1.807, 2.05) is 36.5 Å². The third-order valence-electron chi connectivity index (χ3n) is 4.12. The summed E-state index contributed by atoms with van der Waals surface area (Å²) < 4.78 is 0. The van der Waals surface area contributed by atoms with Crippen LogP contribution >= 0.6 is 0 Å². The molecule has 0 radical (unpaired) electrons. The largest absolute Gasteiger partial charge is 0.389 e. The Morgan fingerprint density at radius 1 is 0.875 bits per heavy atom. The molecule has 4 heteroatoms. The second-order valence-corrected chi connectivity index (χ2v) is 6.34. The molecule has 0 aromatic heterocycles. The molecule has 136 valence electrons. The highest BCUT2D eigenvalue weighted by atomic mass is 16.3. The number of aliphatic hydroxyl groups excluding tert-OH is 2. The topological polar surface area (TPSA) is 46.9 Å². The zero-order valence-electron chi connectivity index (χ0n) is 15.2. The zero-order chi connectivity index (χ0) is 17.6. The predicted molar refractivity (Wildman–Crippen MR) is 102 cm³/mol. The fraction of sp³-hybridized carbons (Fsp3) is 0.600. The van der Waals surface area contributed by atoms with E-state index in [1.165, 1.54) is 0 Å². The van der Waals surface area contributed by atoms with Gasteiger partial charge in [0.25, 0.3) is 0 Å². The fourth-order valence-corrected chi connectivity index (χ4v) is 2.48. The van der Waals surface area contributed by atoms with E-state index in [9.17, 15) is 10.2 Å². The van der Waals surface area contributed by atoms with E-state index in [2.05, 4.69) is 29.8 Å². The Bertz CT molecular complexity index is 421. The fourth-order valence-electron chi connectivity index (χ4n) is 2.48. The van der Waals surface area contributed by atoms with E-state index in [-0.39, 0.29) is 0 Å². The van der Waals surface area contributed by atoms with Crippen molar-refractivity contribution in [2.24, 2.45) is 0 Å². The summed E-state index contributed by atoms with van der Waals surface area (Å²) in [6, 6.07) is 0. The zero-order valence-corrected chi connectivity index (χ0v) is 15.2. The average Bonchev–Trinajstić information content (AvgIpc) is 2.57. The first-order chi connectivity index (χ1) is 11.6. The summed E-state index contributed by atoms with van der Waals surface area (Å²) in [5, 5.41) is 19.7. The Kier molecular flexibility index (Phi) is 11.4. The van der Waals surface area contributed by atoms with Gasteiger partial charge in [0.2, 0.25) is 0 Å².